The average Bonchev–Trinajstić information content (AvgIpc) is 3.06. The van der Waals surface area contributed by atoms with Gasteiger partial charge in [-0.25, -0.2) is 4.98 Å². The molecule has 0 bridgehead atoms. The fourth-order valence-electron chi connectivity index (χ4n) is 2.83. The van der Waals surface area contributed by atoms with Gasteiger partial charge in [0.1, 0.15) is 0 Å². The zero-order valence-electron chi connectivity index (χ0n) is 16.2. The number of aromatic nitrogens is 3. The van der Waals surface area contributed by atoms with Crippen LogP contribution in [0.25, 0.3) is 0 Å². The van der Waals surface area contributed by atoms with Crippen molar-refractivity contribution in [1.29, 1.82) is 0 Å². The van der Waals surface area contributed by atoms with E-state index in [9.17, 15) is 0 Å². The van der Waals surface area contributed by atoms with Crippen molar-refractivity contribution in [3.8, 4) is 0 Å². The normalized spacial score (nSPS) is 13.1. The van der Waals surface area contributed by atoms with E-state index in [0.29, 0.717) is 0 Å². The maximum atomic E-state index is 4.69. The molecule has 1 unspecified atom stereocenters. The van der Waals surface area contributed by atoms with E-state index in [0.717, 1.165) is 48.3 Å². The Morgan fingerprint density at radius 3 is 2.68 bits per heavy atom. The third kappa shape index (κ3) is 5.56. The topological polar surface area (TPSA) is 67.1 Å². The Hall–Kier alpha value is -1.89. The van der Waals surface area contributed by atoms with Gasteiger partial charge in [0.05, 0.1) is 16.4 Å². The SMILES string of the molecule is CCNC(=NCCc1csc(C)n1)NC(C)Cc1c(C)nn(C)c1C. The Kier molecular flexibility index (Phi) is 6.99. The Balaban J connectivity index is 1.93. The number of thiazole rings is 1. The van der Waals surface area contributed by atoms with Crippen LogP contribution in [-0.2, 0) is 19.9 Å². The highest BCUT2D eigenvalue weighted by Crippen LogP contribution is 2.14. The number of hydrogen-bond acceptors (Lipinski definition) is 4. The van der Waals surface area contributed by atoms with Gasteiger partial charge in [0.15, 0.2) is 5.96 Å². The molecule has 2 rings (SSSR count). The van der Waals surface area contributed by atoms with Crippen LogP contribution in [0.2, 0.25) is 0 Å². The van der Waals surface area contributed by atoms with Gasteiger partial charge in [0.25, 0.3) is 0 Å². The Bertz CT molecular complexity index is 715. The average molecular weight is 363 g/mol. The van der Waals surface area contributed by atoms with Crippen molar-refractivity contribution in [3.05, 3.63) is 33.0 Å². The quantitative estimate of drug-likeness (QED) is 0.587. The van der Waals surface area contributed by atoms with Crippen LogP contribution in [0, 0.1) is 20.8 Å². The maximum absolute atomic E-state index is 4.69. The summed E-state index contributed by atoms with van der Waals surface area (Å²) in [5.74, 6) is 0.862. The number of nitrogens with zero attached hydrogens (tertiary/aromatic N) is 4. The molecule has 0 saturated carbocycles. The van der Waals surface area contributed by atoms with Crippen molar-refractivity contribution in [1.82, 2.24) is 25.4 Å². The third-order valence-corrected chi connectivity index (χ3v) is 5.02. The Morgan fingerprint density at radius 2 is 2.12 bits per heavy atom. The molecule has 1 atom stereocenters. The molecule has 0 fully saturated rings. The lowest BCUT2D eigenvalue weighted by Crippen LogP contribution is -2.43. The summed E-state index contributed by atoms with van der Waals surface area (Å²) in [6, 6.07) is 0.279. The summed E-state index contributed by atoms with van der Waals surface area (Å²) in [6.45, 7) is 12.1. The zero-order chi connectivity index (χ0) is 18.4. The van der Waals surface area contributed by atoms with Crippen molar-refractivity contribution < 1.29 is 0 Å². The van der Waals surface area contributed by atoms with E-state index in [1.807, 2.05) is 18.7 Å². The van der Waals surface area contributed by atoms with Crippen LogP contribution in [0.15, 0.2) is 10.4 Å². The molecule has 7 heteroatoms. The van der Waals surface area contributed by atoms with E-state index in [2.05, 4.69) is 58.8 Å². The molecule has 2 aromatic heterocycles. The number of aryl methyl sites for hydroxylation is 3. The monoisotopic (exact) mass is 362 g/mol. The van der Waals surface area contributed by atoms with E-state index >= 15 is 0 Å². The fraction of sp³-hybridized carbons (Fsp3) is 0.611. The van der Waals surface area contributed by atoms with Crippen LogP contribution in [-0.4, -0.2) is 39.9 Å². The predicted molar refractivity (Wildman–Crippen MR) is 106 cm³/mol. The molecule has 2 aromatic rings. The first-order valence-electron chi connectivity index (χ1n) is 8.85. The minimum Gasteiger partial charge on any atom is -0.357 e. The van der Waals surface area contributed by atoms with Crippen LogP contribution in [0.4, 0.5) is 0 Å². The zero-order valence-corrected chi connectivity index (χ0v) is 17.0. The molecule has 0 aliphatic rings. The van der Waals surface area contributed by atoms with Gasteiger partial charge in [-0.05, 0) is 46.6 Å². The second-order valence-corrected chi connectivity index (χ2v) is 7.45. The van der Waals surface area contributed by atoms with Gasteiger partial charge in [0, 0.05) is 43.7 Å². The molecule has 0 saturated heterocycles. The second kappa shape index (κ2) is 8.99. The number of rotatable bonds is 7. The van der Waals surface area contributed by atoms with Crippen molar-refractivity contribution in [3.63, 3.8) is 0 Å². The van der Waals surface area contributed by atoms with Crippen LogP contribution >= 0.6 is 11.3 Å². The van der Waals surface area contributed by atoms with Gasteiger partial charge in [0.2, 0.25) is 0 Å². The van der Waals surface area contributed by atoms with Crippen molar-refractivity contribution in [2.75, 3.05) is 13.1 Å². The van der Waals surface area contributed by atoms with E-state index in [4.69, 9.17) is 0 Å². The number of guanidine groups is 1. The van der Waals surface area contributed by atoms with Gasteiger partial charge in [-0.3, -0.25) is 9.67 Å². The van der Waals surface area contributed by atoms with Gasteiger partial charge >= 0.3 is 0 Å². The molecule has 0 aliphatic carbocycles. The minimum atomic E-state index is 0.279. The predicted octanol–water partition coefficient (Wildman–Crippen LogP) is 2.53. The molecule has 25 heavy (non-hydrogen) atoms. The molecule has 6 nitrogen and oxygen atoms in total. The summed E-state index contributed by atoms with van der Waals surface area (Å²) >= 11 is 1.69. The van der Waals surface area contributed by atoms with Crippen LogP contribution < -0.4 is 10.6 Å². The summed E-state index contributed by atoms with van der Waals surface area (Å²) in [7, 11) is 2.00. The second-order valence-electron chi connectivity index (χ2n) is 6.39. The van der Waals surface area contributed by atoms with Crippen LogP contribution in [0.5, 0.6) is 0 Å². The molecule has 0 aliphatic heterocycles. The molecule has 0 spiro atoms. The summed E-state index contributed by atoms with van der Waals surface area (Å²) in [5, 5.41) is 14.6. The first kappa shape index (κ1) is 19.4. The first-order chi connectivity index (χ1) is 11.9. The third-order valence-electron chi connectivity index (χ3n) is 4.20. The van der Waals surface area contributed by atoms with E-state index in [1.54, 1.807) is 11.3 Å². The molecule has 2 heterocycles. The molecule has 0 amide bonds. The number of hydrogen-bond donors (Lipinski definition) is 2. The lowest BCUT2D eigenvalue weighted by molar-refractivity contribution is 0.635. The largest absolute Gasteiger partial charge is 0.357 e. The van der Waals surface area contributed by atoms with Gasteiger partial charge < -0.3 is 10.6 Å². The maximum Gasteiger partial charge on any atom is 0.191 e. The molecule has 2 N–H and O–H groups in total. The summed E-state index contributed by atoms with van der Waals surface area (Å²) in [4.78, 5) is 9.18. The van der Waals surface area contributed by atoms with Crippen molar-refractivity contribution in [2.45, 2.75) is 53.5 Å². The summed E-state index contributed by atoms with van der Waals surface area (Å²) < 4.78 is 1.95. The highest BCUT2D eigenvalue weighted by Gasteiger charge is 2.14. The lowest BCUT2D eigenvalue weighted by Gasteiger charge is -2.18. The smallest absolute Gasteiger partial charge is 0.191 e. The summed E-state index contributed by atoms with van der Waals surface area (Å²) in [6.07, 6.45) is 1.80. The first-order valence-corrected chi connectivity index (χ1v) is 9.73. The Labute approximate surface area is 154 Å². The Morgan fingerprint density at radius 1 is 1.36 bits per heavy atom. The van der Waals surface area contributed by atoms with E-state index < -0.39 is 0 Å². The molecule has 0 radical (unpaired) electrons. The standard InChI is InChI=1S/C18H30N6S/c1-7-19-18(20-9-8-16-11-25-15(5)22-16)21-12(2)10-17-13(3)23-24(6)14(17)4/h11-12H,7-10H2,1-6H3,(H2,19,20,21). The molecular weight excluding hydrogens is 332 g/mol. The molecule has 0 aromatic carbocycles. The van der Waals surface area contributed by atoms with Crippen molar-refractivity contribution >= 4 is 17.3 Å². The summed E-state index contributed by atoms with van der Waals surface area (Å²) in [5.41, 5.74) is 4.77. The van der Waals surface area contributed by atoms with Crippen LogP contribution in [0.1, 0.15) is 41.5 Å². The lowest BCUT2D eigenvalue weighted by atomic mass is 10.1. The fourth-order valence-corrected chi connectivity index (χ4v) is 3.48. The van der Waals surface area contributed by atoms with Gasteiger partial charge in [-0.1, -0.05) is 0 Å². The van der Waals surface area contributed by atoms with E-state index in [-0.39, 0.29) is 6.04 Å². The highest BCUT2D eigenvalue weighted by atomic mass is 32.1. The minimum absolute atomic E-state index is 0.279. The molecule has 138 valence electrons. The highest BCUT2D eigenvalue weighted by molar-refractivity contribution is 7.09. The number of aliphatic imine (C=N–C) groups is 1. The van der Waals surface area contributed by atoms with E-state index in [1.165, 1.54) is 11.3 Å². The number of nitrogens with one attached hydrogen (secondary N) is 2. The molecular formula is C18H30N6S. The van der Waals surface area contributed by atoms with Gasteiger partial charge in [-0.2, -0.15) is 5.10 Å². The van der Waals surface area contributed by atoms with Crippen LogP contribution in [0.3, 0.4) is 0 Å². The van der Waals surface area contributed by atoms with Gasteiger partial charge in [-0.15, -0.1) is 11.3 Å². The van der Waals surface area contributed by atoms with Crippen molar-refractivity contribution in [2.24, 2.45) is 12.0 Å².